The fourth-order valence-electron chi connectivity index (χ4n) is 2.31. The van der Waals surface area contributed by atoms with Crippen molar-refractivity contribution in [3.63, 3.8) is 0 Å². The molecule has 1 aliphatic rings. The number of hydrogen-bond acceptors (Lipinski definition) is 3. The molecule has 1 fully saturated rings. The van der Waals surface area contributed by atoms with Gasteiger partial charge in [0.25, 0.3) is 0 Å². The van der Waals surface area contributed by atoms with E-state index in [4.69, 9.17) is 9.47 Å². The van der Waals surface area contributed by atoms with Crippen LogP contribution in [0.2, 0.25) is 0 Å². The third kappa shape index (κ3) is 2.91. The molecule has 0 N–H and O–H groups in total. The van der Waals surface area contributed by atoms with Crippen LogP contribution in [-0.2, 0) is 16.0 Å². The van der Waals surface area contributed by atoms with Gasteiger partial charge in [0.2, 0.25) is 0 Å². The van der Waals surface area contributed by atoms with Crippen LogP contribution in [0.25, 0.3) is 0 Å². The largest absolute Gasteiger partial charge is 0.370 e. The third-order valence-corrected chi connectivity index (χ3v) is 3.63. The van der Waals surface area contributed by atoms with Crippen molar-refractivity contribution >= 4 is 0 Å². The molecule has 1 saturated heterocycles. The first-order valence-electron chi connectivity index (χ1n) is 6.43. The summed E-state index contributed by atoms with van der Waals surface area (Å²) in [5.74, 6) is 0. The SMILES string of the molecule is COC1(C)COC(C)(C)CN1Cc1ccccc1. The van der Waals surface area contributed by atoms with E-state index in [0.29, 0.717) is 6.61 Å². The summed E-state index contributed by atoms with van der Waals surface area (Å²) in [6, 6.07) is 10.5. The summed E-state index contributed by atoms with van der Waals surface area (Å²) in [7, 11) is 1.75. The molecule has 0 amide bonds. The molecule has 1 aromatic carbocycles. The van der Waals surface area contributed by atoms with E-state index in [9.17, 15) is 0 Å². The van der Waals surface area contributed by atoms with Crippen molar-refractivity contribution in [1.82, 2.24) is 4.90 Å². The van der Waals surface area contributed by atoms with Gasteiger partial charge in [0.05, 0.1) is 12.2 Å². The number of hydrogen-bond donors (Lipinski definition) is 0. The van der Waals surface area contributed by atoms with Crippen LogP contribution in [0.3, 0.4) is 0 Å². The summed E-state index contributed by atoms with van der Waals surface area (Å²) in [5, 5.41) is 0. The summed E-state index contributed by atoms with van der Waals surface area (Å²) < 4.78 is 11.5. The Hall–Kier alpha value is -0.900. The van der Waals surface area contributed by atoms with Crippen LogP contribution in [0.4, 0.5) is 0 Å². The Balaban J connectivity index is 2.16. The van der Waals surface area contributed by atoms with E-state index in [2.05, 4.69) is 49.9 Å². The van der Waals surface area contributed by atoms with Gasteiger partial charge in [-0.2, -0.15) is 0 Å². The van der Waals surface area contributed by atoms with Gasteiger partial charge in [0.15, 0.2) is 0 Å². The van der Waals surface area contributed by atoms with Crippen molar-refractivity contribution in [2.24, 2.45) is 0 Å². The number of ether oxygens (including phenoxy) is 2. The summed E-state index contributed by atoms with van der Waals surface area (Å²) >= 11 is 0. The average molecular weight is 249 g/mol. The monoisotopic (exact) mass is 249 g/mol. The molecule has 2 rings (SSSR count). The molecule has 100 valence electrons. The number of methoxy groups -OCH3 is 1. The Labute approximate surface area is 110 Å². The minimum Gasteiger partial charge on any atom is -0.370 e. The van der Waals surface area contributed by atoms with E-state index in [1.807, 2.05) is 6.07 Å². The molecule has 0 saturated carbocycles. The predicted octanol–water partition coefficient (Wildman–Crippen LogP) is 2.66. The average Bonchev–Trinajstić information content (AvgIpc) is 2.35. The Morgan fingerprint density at radius 2 is 1.89 bits per heavy atom. The number of benzene rings is 1. The second-order valence-electron chi connectivity index (χ2n) is 5.77. The van der Waals surface area contributed by atoms with Crippen LogP contribution in [0.15, 0.2) is 30.3 Å². The Bertz CT molecular complexity index is 391. The molecule has 3 nitrogen and oxygen atoms in total. The molecule has 18 heavy (non-hydrogen) atoms. The molecule has 0 spiro atoms. The topological polar surface area (TPSA) is 21.7 Å². The zero-order valence-electron chi connectivity index (χ0n) is 11.8. The summed E-state index contributed by atoms with van der Waals surface area (Å²) in [6.07, 6.45) is 0. The molecule has 0 aromatic heterocycles. The van der Waals surface area contributed by atoms with Gasteiger partial charge < -0.3 is 9.47 Å². The number of nitrogens with zero attached hydrogens (tertiary/aromatic N) is 1. The highest BCUT2D eigenvalue weighted by atomic mass is 16.6. The molecule has 1 unspecified atom stereocenters. The van der Waals surface area contributed by atoms with Crippen LogP contribution < -0.4 is 0 Å². The quantitative estimate of drug-likeness (QED) is 0.822. The number of morpholine rings is 1. The van der Waals surface area contributed by atoms with E-state index in [1.165, 1.54) is 5.56 Å². The highest BCUT2D eigenvalue weighted by Crippen LogP contribution is 2.30. The van der Waals surface area contributed by atoms with Gasteiger partial charge in [-0.15, -0.1) is 0 Å². The standard InChI is InChI=1S/C15H23NO2/c1-14(2)11-16(15(3,17-4)12-18-14)10-13-8-6-5-7-9-13/h5-9H,10-12H2,1-4H3. The van der Waals surface area contributed by atoms with E-state index >= 15 is 0 Å². The molecule has 1 heterocycles. The molecule has 0 radical (unpaired) electrons. The third-order valence-electron chi connectivity index (χ3n) is 3.63. The lowest BCUT2D eigenvalue weighted by Crippen LogP contribution is -2.61. The molecular weight excluding hydrogens is 226 g/mol. The molecule has 1 atom stereocenters. The van der Waals surface area contributed by atoms with Crippen molar-refractivity contribution in [2.45, 2.75) is 38.6 Å². The van der Waals surface area contributed by atoms with Gasteiger partial charge in [-0.25, -0.2) is 0 Å². The fraction of sp³-hybridized carbons (Fsp3) is 0.600. The summed E-state index contributed by atoms with van der Waals surface area (Å²) in [5.41, 5.74) is 0.844. The van der Waals surface area contributed by atoms with Gasteiger partial charge in [0, 0.05) is 20.2 Å². The molecule has 3 heteroatoms. The fourth-order valence-corrected chi connectivity index (χ4v) is 2.31. The second kappa shape index (κ2) is 5.00. The van der Waals surface area contributed by atoms with Crippen LogP contribution in [0, 0.1) is 0 Å². The molecule has 0 bridgehead atoms. The second-order valence-corrected chi connectivity index (χ2v) is 5.77. The Kier molecular flexibility index (Phi) is 3.76. The van der Waals surface area contributed by atoms with E-state index < -0.39 is 0 Å². The maximum Gasteiger partial charge on any atom is 0.142 e. The van der Waals surface area contributed by atoms with Gasteiger partial charge >= 0.3 is 0 Å². The highest BCUT2D eigenvalue weighted by molar-refractivity contribution is 5.15. The molecule has 1 aromatic rings. The Morgan fingerprint density at radius 1 is 1.22 bits per heavy atom. The van der Waals surface area contributed by atoms with Crippen LogP contribution >= 0.6 is 0 Å². The van der Waals surface area contributed by atoms with Gasteiger partial charge in [0.1, 0.15) is 5.72 Å². The smallest absolute Gasteiger partial charge is 0.142 e. The molecule has 0 aliphatic carbocycles. The molecule has 1 aliphatic heterocycles. The van der Waals surface area contributed by atoms with Crippen molar-refractivity contribution in [2.75, 3.05) is 20.3 Å². The lowest BCUT2D eigenvalue weighted by atomic mass is 10.0. The summed E-state index contributed by atoms with van der Waals surface area (Å²) in [6.45, 7) is 8.69. The van der Waals surface area contributed by atoms with Gasteiger partial charge in [-0.05, 0) is 26.3 Å². The minimum atomic E-state index is -0.342. The minimum absolute atomic E-state index is 0.118. The van der Waals surface area contributed by atoms with E-state index in [0.717, 1.165) is 13.1 Å². The van der Waals surface area contributed by atoms with E-state index in [-0.39, 0.29) is 11.3 Å². The first kappa shape index (κ1) is 13.5. The van der Waals surface area contributed by atoms with Crippen LogP contribution in [0.5, 0.6) is 0 Å². The number of rotatable bonds is 3. The van der Waals surface area contributed by atoms with Crippen molar-refractivity contribution in [3.05, 3.63) is 35.9 Å². The zero-order valence-corrected chi connectivity index (χ0v) is 11.8. The predicted molar refractivity (Wildman–Crippen MR) is 72.3 cm³/mol. The van der Waals surface area contributed by atoms with Gasteiger partial charge in [-0.1, -0.05) is 30.3 Å². The zero-order chi connectivity index (χ0) is 13.2. The van der Waals surface area contributed by atoms with Crippen molar-refractivity contribution in [3.8, 4) is 0 Å². The maximum atomic E-state index is 5.87. The van der Waals surface area contributed by atoms with Crippen LogP contribution in [0.1, 0.15) is 26.3 Å². The summed E-state index contributed by atoms with van der Waals surface area (Å²) in [4.78, 5) is 2.35. The van der Waals surface area contributed by atoms with Crippen LogP contribution in [-0.4, -0.2) is 36.5 Å². The van der Waals surface area contributed by atoms with Crippen molar-refractivity contribution in [1.29, 1.82) is 0 Å². The highest BCUT2D eigenvalue weighted by Gasteiger charge is 2.42. The Morgan fingerprint density at radius 3 is 2.50 bits per heavy atom. The van der Waals surface area contributed by atoms with Gasteiger partial charge in [-0.3, -0.25) is 4.90 Å². The van der Waals surface area contributed by atoms with E-state index in [1.54, 1.807) is 7.11 Å². The lowest BCUT2D eigenvalue weighted by Gasteiger charge is -2.49. The molecular formula is C15H23NO2. The first-order chi connectivity index (χ1) is 8.45. The normalized spacial score (nSPS) is 28.2. The maximum absolute atomic E-state index is 5.87. The lowest BCUT2D eigenvalue weighted by molar-refractivity contribution is -0.243. The van der Waals surface area contributed by atoms with Crippen molar-refractivity contribution < 1.29 is 9.47 Å². The first-order valence-corrected chi connectivity index (χ1v) is 6.43.